The van der Waals surface area contributed by atoms with Gasteiger partial charge in [-0.3, -0.25) is 9.48 Å². The van der Waals surface area contributed by atoms with Crippen LogP contribution in [-0.4, -0.2) is 42.8 Å². The number of nitrogens with one attached hydrogen (secondary N) is 1. The molecule has 0 aliphatic heterocycles. The molecule has 0 saturated heterocycles. The molecule has 1 amide bonds. The standard InChI is InChI=1S/C19H22N6O3/c1-11-16(13(3)24(5)21-11)20-18(26)14(4)28-19(27)17-12(2)22-25(23-17)15-9-7-6-8-10-15/h6-10,14H,1-5H3,(H,20,26)/t14-/m0/s1. The number of para-hydroxylation sites is 1. The Morgan fingerprint density at radius 3 is 2.32 bits per heavy atom. The first-order chi connectivity index (χ1) is 13.3. The topological polar surface area (TPSA) is 104 Å². The second-order valence-electron chi connectivity index (χ2n) is 6.47. The van der Waals surface area contributed by atoms with Crippen molar-refractivity contribution in [1.29, 1.82) is 0 Å². The number of hydrogen-bond donors (Lipinski definition) is 1. The summed E-state index contributed by atoms with van der Waals surface area (Å²) in [5, 5.41) is 15.4. The van der Waals surface area contributed by atoms with Crippen molar-refractivity contribution < 1.29 is 14.3 Å². The molecule has 1 N–H and O–H groups in total. The van der Waals surface area contributed by atoms with Crippen LogP contribution in [0.1, 0.15) is 34.5 Å². The molecule has 1 aromatic carbocycles. The Morgan fingerprint density at radius 2 is 1.71 bits per heavy atom. The number of ether oxygens (including phenoxy) is 1. The average Bonchev–Trinajstić information content (AvgIpc) is 3.17. The fourth-order valence-electron chi connectivity index (χ4n) is 2.69. The van der Waals surface area contributed by atoms with E-state index in [9.17, 15) is 9.59 Å². The third kappa shape index (κ3) is 3.78. The van der Waals surface area contributed by atoms with Gasteiger partial charge in [0.2, 0.25) is 0 Å². The number of carbonyl (C=O) groups is 2. The van der Waals surface area contributed by atoms with E-state index in [1.165, 1.54) is 11.7 Å². The Hall–Kier alpha value is -3.49. The van der Waals surface area contributed by atoms with Crippen molar-refractivity contribution in [2.45, 2.75) is 33.8 Å². The molecular weight excluding hydrogens is 360 g/mol. The number of hydrogen-bond acceptors (Lipinski definition) is 6. The van der Waals surface area contributed by atoms with Crippen molar-refractivity contribution in [3.63, 3.8) is 0 Å². The molecule has 146 valence electrons. The van der Waals surface area contributed by atoms with Gasteiger partial charge in [0.1, 0.15) is 0 Å². The molecule has 0 fully saturated rings. The Bertz CT molecular complexity index is 1020. The van der Waals surface area contributed by atoms with Crippen LogP contribution in [0.2, 0.25) is 0 Å². The predicted molar refractivity (Wildman–Crippen MR) is 102 cm³/mol. The maximum atomic E-state index is 12.5. The Balaban J connectivity index is 1.70. The molecule has 2 heterocycles. The number of amides is 1. The summed E-state index contributed by atoms with van der Waals surface area (Å²) in [5.74, 6) is -1.15. The molecule has 0 unspecified atom stereocenters. The monoisotopic (exact) mass is 382 g/mol. The van der Waals surface area contributed by atoms with Gasteiger partial charge in [-0.2, -0.15) is 15.0 Å². The number of anilines is 1. The molecule has 2 aromatic heterocycles. The summed E-state index contributed by atoms with van der Waals surface area (Å²) >= 11 is 0. The predicted octanol–water partition coefficient (Wildman–Crippen LogP) is 2.11. The second kappa shape index (κ2) is 7.63. The van der Waals surface area contributed by atoms with Gasteiger partial charge in [-0.15, -0.1) is 5.10 Å². The molecule has 0 radical (unpaired) electrons. The lowest BCUT2D eigenvalue weighted by molar-refractivity contribution is -0.123. The fourth-order valence-corrected chi connectivity index (χ4v) is 2.69. The van der Waals surface area contributed by atoms with Crippen LogP contribution >= 0.6 is 0 Å². The molecule has 28 heavy (non-hydrogen) atoms. The lowest BCUT2D eigenvalue weighted by Crippen LogP contribution is -2.30. The lowest BCUT2D eigenvalue weighted by atomic mass is 10.3. The number of aryl methyl sites for hydroxylation is 3. The number of benzene rings is 1. The maximum absolute atomic E-state index is 12.5. The number of esters is 1. The summed E-state index contributed by atoms with van der Waals surface area (Å²) in [6.45, 7) is 6.81. The van der Waals surface area contributed by atoms with Gasteiger partial charge in [0.25, 0.3) is 5.91 Å². The van der Waals surface area contributed by atoms with Crippen molar-refractivity contribution in [3.05, 3.63) is 53.1 Å². The Labute approximate surface area is 162 Å². The van der Waals surface area contributed by atoms with E-state index in [4.69, 9.17) is 4.74 Å². The van der Waals surface area contributed by atoms with E-state index >= 15 is 0 Å². The highest BCUT2D eigenvalue weighted by Crippen LogP contribution is 2.19. The minimum absolute atomic E-state index is 0.0669. The van der Waals surface area contributed by atoms with Crippen LogP contribution in [0, 0.1) is 20.8 Å². The largest absolute Gasteiger partial charge is 0.448 e. The lowest BCUT2D eigenvalue weighted by Gasteiger charge is -2.13. The second-order valence-corrected chi connectivity index (χ2v) is 6.47. The van der Waals surface area contributed by atoms with E-state index in [0.717, 1.165) is 11.4 Å². The third-order valence-electron chi connectivity index (χ3n) is 4.37. The van der Waals surface area contributed by atoms with Crippen molar-refractivity contribution in [2.24, 2.45) is 7.05 Å². The quantitative estimate of drug-likeness (QED) is 0.678. The minimum Gasteiger partial charge on any atom is -0.448 e. The molecule has 0 bridgehead atoms. The van der Waals surface area contributed by atoms with Gasteiger partial charge in [0.05, 0.1) is 28.5 Å². The zero-order valence-electron chi connectivity index (χ0n) is 16.4. The number of nitrogens with zero attached hydrogens (tertiary/aromatic N) is 5. The van der Waals surface area contributed by atoms with Gasteiger partial charge in [-0.05, 0) is 39.8 Å². The van der Waals surface area contributed by atoms with Crippen molar-refractivity contribution in [3.8, 4) is 5.69 Å². The smallest absolute Gasteiger partial charge is 0.361 e. The first-order valence-electron chi connectivity index (χ1n) is 8.79. The maximum Gasteiger partial charge on any atom is 0.361 e. The highest BCUT2D eigenvalue weighted by atomic mass is 16.5. The van der Waals surface area contributed by atoms with Crippen LogP contribution in [0.4, 0.5) is 5.69 Å². The normalized spacial score (nSPS) is 11.9. The molecular formula is C19H22N6O3. The van der Waals surface area contributed by atoms with Gasteiger partial charge < -0.3 is 10.1 Å². The summed E-state index contributed by atoms with van der Waals surface area (Å²) in [6, 6.07) is 9.22. The SMILES string of the molecule is Cc1nn(-c2ccccc2)nc1C(=O)O[C@@H](C)C(=O)Nc1c(C)nn(C)c1C. The van der Waals surface area contributed by atoms with E-state index < -0.39 is 18.0 Å². The van der Waals surface area contributed by atoms with Crippen LogP contribution < -0.4 is 5.32 Å². The Morgan fingerprint density at radius 1 is 1.04 bits per heavy atom. The zero-order chi connectivity index (χ0) is 20.4. The van der Waals surface area contributed by atoms with E-state index in [1.54, 1.807) is 25.6 Å². The highest BCUT2D eigenvalue weighted by Gasteiger charge is 2.25. The van der Waals surface area contributed by atoms with Crippen LogP contribution in [-0.2, 0) is 16.6 Å². The van der Waals surface area contributed by atoms with E-state index in [-0.39, 0.29) is 5.69 Å². The third-order valence-corrected chi connectivity index (χ3v) is 4.37. The average molecular weight is 382 g/mol. The molecule has 0 aliphatic carbocycles. The molecule has 9 heteroatoms. The van der Waals surface area contributed by atoms with Crippen molar-refractivity contribution >= 4 is 17.6 Å². The zero-order valence-corrected chi connectivity index (χ0v) is 16.4. The van der Waals surface area contributed by atoms with E-state index in [1.807, 2.05) is 37.3 Å². The summed E-state index contributed by atoms with van der Waals surface area (Å²) in [4.78, 5) is 26.3. The van der Waals surface area contributed by atoms with E-state index in [2.05, 4.69) is 20.6 Å². The summed E-state index contributed by atoms with van der Waals surface area (Å²) in [5.41, 5.74) is 3.32. The number of carbonyl (C=O) groups excluding carboxylic acids is 2. The minimum atomic E-state index is -1.01. The van der Waals surface area contributed by atoms with Gasteiger partial charge >= 0.3 is 5.97 Å². The van der Waals surface area contributed by atoms with E-state index in [0.29, 0.717) is 17.1 Å². The van der Waals surface area contributed by atoms with Gasteiger partial charge in [0, 0.05) is 7.05 Å². The molecule has 1 atom stereocenters. The van der Waals surface area contributed by atoms with Crippen molar-refractivity contribution in [1.82, 2.24) is 24.8 Å². The van der Waals surface area contributed by atoms with Crippen LogP contribution in [0.15, 0.2) is 30.3 Å². The molecule has 0 spiro atoms. The van der Waals surface area contributed by atoms with Gasteiger partial charge in [-0.25, -0.2) is 4.79 Å². The summed E-state index contributed by atoms with van der Waals surface area (Å²) in [6.07, 6.45) is -1.01. The fraction of sp³-hybridized carbons (Fsp3) is 0.316. The van der Waals surface area contributed by atoms with Crippen LogP contribution in [0.3, 0.4) is 0 Å². The summed E-state index contributed by atoms with van der Waals surface area (Å²) in [7, 11) is 1.79. The van der Waals surface area contributed by atoms with Crippen LogP contribution in [0.5, 0.6) is 0 Å². The number of rotatable bonds is 5. The van der Waals surface area contributed by atoms with Gasteiger partial charge in [0.15, 0.2) is 11.8 Å². The molecule has 0 aliphatic rings. The van der Waals surface area contributed by atoms with Crippen LogP contribution in [0.25, 0.3) is 5.69 Å². The molecule has 3 rings (SSSR count). The van der Waals surface area contributed by atoms with Crippen molar-refractivity contribution in [2.75, 3.05) is 5.32 Å². The molecule has 3 aromatic rings. The number of aromatic nitrogens is 5. The summed E-state index contributed by atoms with van der Waals surface area (Å²) < 4.78 is 6.97. The first-order valence-corrected chi connectivity index (χ1v) is 8.79. The Kier molecular flexibility index (Phi) is 5.25. The molecule has 9 nitrogen and oxygen atoms in total. The highest BCUT2D eigenvalue weighted by molar-refractivity contribution is 5.97. The van der Waals surface area contributed by atoms with Gasteiger partial charge in [-0.1, -0.05) is 18.2 Å². The first kappa shape index (κ1) is 19.3. The molecule has 0 saturated carbocycles.